The minimum Gasteiger partial charge on any atom is -0.444 e. The number of anilines is 1. The van der Waals surface area contributed by atoms with Gasteiger partial charge in [-0.2, -0.15) is 10.2 Å². The van der Waals surface area contributed by atoms with E-state index in [-0.39, 0.29) is 24.1 Å². The zero-order valence-electron chi connectivity index (χ0n) is 13.2. The molecule has 1 aromatic heterocycles. The molecule has 0 fully saturated rings. The Morgan fingerprint density at radius 1 is 1.23 bits per heavy atom. The van der Waals surface area contributed by atoms with Crippen LogP contribution in [0.1, 0.15) is 11.3 Å². The lowest BCUT2D eigenvalue weighted by Crippen LogP contribution is -2.13. The molecule has 2 aromatic carbocycles. The molecule has 0 aliphatic heterocycles. The summed E-state index contributed by atoms with van der Waals surface area (Å²) in [6.45, 7) is 0.0819. The van der Waals surface area contributed by atoms with Gasteiger partial charge < -0.3 is 9.15 Å². The van der Waals surface area contributed by atoms with Crippen LogP contribution in [0.25, 0.3) is 11.5 Å². The summed E-state index contributed by atoms with van der Waals surface area (Å²) in [7, 11) is 0. The van der Waals surface area contributed by atoms with Crippen LogP contribution in [-0.4, -0.2) is 11.1 Å². The second kappa shape index (κ2) is 7.91. The van der Waals surface area contributed by atoms with E-state index in [1.54, 1.807) is 12.1 Å². The zero-order valence-corrected chi connectivity index (χ0v) is 14.7. The van der Waals surface area contributed by atoms with Crippen LogP contribution in [0.3, 0.4) is 0 Å². The number of halogens is 2. The highest BCUT2D eigenvalue weighted by molar-refractivity contribution is 6.36. The molecular formula is C18H11Cl2N3O3. The summed E-state index contributed by atoms with van der Waals surface area (Å²) < 4.78 is 10.6. The minimum absolute atomic E-state index is 0.0819. The van der Waals surface area contributed by atoms with Crippen molar-refractivity contribution in [1.29, 1.82) is 5.26 Å². The topological polar surface area (TPSA) is 88.2 Å². The van der Waals surface area contributed by atoms with Crippen molar-refractivity contribution < 1.29 is 13.9 Å². The third-order valence-electron chi connectivity index (χ3n) is 3.32. The van der Waals surface area contributed by atoms with Crippen LogP contribution >= 0.6 is 23.2 Å². The quantitative estimate of drug-likeness (QED) is 0.658. The molecule has 1 N–H and O–H groups in total. The number of hydrogen-bond donors (Lipinski definition) is 1. The summed E-state index contributed by atoms with van der Waals surface area (Å²) in [5, 5.41) is 12.3. The van der Waals surface area contributed by atoms with E-state index in [1.165, 1.54) is 6.07 Å². The maximum Gasteiger partial charge on any atom is 0.414 e. The monoisotopic (exact) mass is 387 g/mol. The molecule has 0 aliphatic rings. The van der Waals surface area contributed by atoms with E-state index in [4.69, 9.17) is 32.4 Å². The van der Waals surface area contributed by atoms with Crippen molar-refractivity contribution in [1.82, 2.24) is 4.98 Å². The number of amides is 1. The fraction of sp³-hybridized carbons (Fsp3) is 0.0556. The van der Waals surface area contributed by atoms with Gasteiger partial charge in [-0.15, -0.1) is 0 Å². The molecule has 26 heavy (non-hydrogen) atoms. The number of aromatic nitrogens is 1. The molecule has 0 radical (unpaired) electrons. The molecule has 0 spiro atoms. The Morgan fingerprint density at radius 2 is 2.00 bits per heavy atom. The van der Waals surface area contributed by atoms with Crippen LogP contribution in [-0.2, 0) is 11.3 Å². The molecule has 0 aliphatic carbocycles. The molecule has 0 unspecified atom stereocenters. The van der Waals surface area contributed by atoms with Gasteiger partial charge in [-0.3, -0.25) is 5.32 Å². The fourth-order valence-electron chi connectivity index (χ4n) is 2.11. The number of nitrogens with one attached hydrogen (secondary N) is 1. The standard InChI is InChI=1S/C18H11Cl2N3O3/c19-12-6-7-13(14(20)8-12)16-22-15(9-21)17(26-16)23-18(24)25-10-11-4-2-1-3-5-11/h1-8H,10H2,(H,23,24). The molecule has 0 saturated carbocycles. The summed E-state index contributed by atoms with van der Waals surface area (Å²) in [5.41, 5.74) is 1.18. The maximum atomic E-state index is 11.9. The van der Waals surface area contributed by atoms with Gasteiger partial charge in [0.15, 0.2) is 0 Å². The van der Waals surface area contributed by atoms with Crippen LogP contribution in [0.5, 0.6) is 0 Å². The van der Waals surface area contributed by atoms with Crippen molar-refractivity contribution in [3.8, 4) is 17.5 Å². The van der Waals surface area contributed by atoms with Gasteiger partial charge >= 0.3 is 6.09 Å². The highest BCUT2D eigenvalue weighted by atomic mass is 35.5. The maximum absolute atomic E-state index is 11.9. The number of ether oxygens (including phenoxy) is 1. The molecule has 6 nitrogen and oxygen atoms in total. The summed E-state index contributed by atoms with van der Waals surface area (Å²) in [6.07, 6.45) is -0.768. The minimum atomic E-state index is -0.768. The van der Waals surface area contributed by atoms with Crippen LogP contribution < -0.4 is 5.32 Å². The number of rotatable bonds is 4. The number of nitrogens with zero attached hydrogens (tertiary/aromatic N) is 2. The summed E-state index contributed by atoms with van der Waals surface area (Å²) in [5.74, 6) is -0.0341. The van der Waals surface area contributed by atoms with Gasteiger partial charge in [-0.1, -0.05) is 53.5 Å². The van der Waals surface area contributed by atoms with Gasteiger partial charge in [0.05, 0.1) is 10.6 Å². The summed E-state index contributed by atoms with van der Waals surface area (Å²) >= 11 is 12.0. The molecule has 1 heterocycles. The van der Waals surface area contributed by atoms with Crippen LogP contribution in [0.2, 0.25) is 10.0 Å². The molecular weight excluding hydrogens is 377 g/mol. The SMILES string of the molecule is N#Cc1nc(-c2ccc(Cl)cc2Cl)oc1NC(=O)OCc1ccccc1. The largest absolute Gasteiger partial charge is 0.444 e. The van der Waals surface area contributed by atoms with E-state index in [2.05, 4.69) is 10.3 Å². The molecule has 0 saturated heterocycles. The van der Waals surface area contributed by atoms with Crippen LogP contribution in [0.15, 0.2) is 52.9 Å². The van der Waals surface area contributed by atoms with Crippen molar-refractivity contribution in [2.45, 2.75) is 6.61 Å². The number of carbonyl (C=O) groups is 1. The van der Waals surface area contributed by atoms with E-state index in [0.29, 0.717) is 15.6 Å². The van der Waals surface area contributed by atoms with E-state index in [1.807, 2.05) is 36.4 Å². The predicted octanol–water partition coefficient (Wildman–Crippen LogP) is 5.27. The Hall–Kier alpha value is -3.01. The lowest BCUT2D eigenvalue weighted by Gasteiger charge is -2.05. The van der Waals surface area contributed by atoms with Crippen molar-refractivity contribution in [3.63, 3.8) is 0 Å². The van der Waals surface area contributed by atoms with Crippen molar-refractivity contribution >= 4 is 35.2 Å². The fourth-order valence-corrected chi connectivity index (χ4v) is 2.60. The molecule has 0 bridgehead atoms. The molecule has 0 atom stereocenters. The van der Waals surface area contributed by atoms with Crippen molar-refractivity contribution in [2.24, 2.45) is 0 Å². The number of hydrogen-bond acceptors (Lipinski definition) is 5. The van der Waals surface area contributed by atoms with Gasteiger partial charge in [-0.05, 0) is 23.8 Å². The van der Waals surface area contributed by atoms with Gasteiger partial charge in [0.25, 0.3) is 0 Å². The lowest BCUT2D eigenvalue weighted by atomic mass is 10.2. The highest BCUT2D eigenvalue weighted by Crippen LogP contribution is 2.32. The third kappa shape index (κ3) is 4.14. The van der Waals surface area contributed by atoms with Crippen molar-refractivity contribution in [2.75, 3.05) is 5.32 Å². The van der Waals surface area contributed by atoms with E-state index < -0.39 is 6.09 Å². The number of carbonyl (C=O) groups excluding carboxylic acids is 1. The van der Waals surface area contributed by atoms with E-state index >= 15 is 0 Å². The molecule has 8 heteroatoms. The lowest BCUT2D eigenvalue weighted by molar-refractivity contribution is 0.154. The summed E-state index contributed by atoms with van der Waals surface area (Å²) in [6, 6.07) is 15.8. The van der Waals surface area contributed by atoms with Gasteiger partial charge in [-0.25, -0.2) is 4.79 Å². The van der Waals surface area contributed by atoms with Gasteiger partial charge in [0, 0.05) is 5.02 Å². The second-order valence-corrected chi connectivity index (χ2v) is 5.96. The average Bonchev–Trinajstić information content (AvgIpc) is 3.03. The van der Waals surface area contributed by atoms with E-state index in [9.17, 15) is 10.1 Å². The van der Waals surface area contributed by atoms with E-state index in [0.717, 1.165) is 5.56 Å². The third-order valence-corrected chi connectivity index (χ3v) is 3.87. The Labute approximate surface area is 158 Å². The second-order valence-electron chi connectivity index (χ2n) is 5.12. The van der Waals surface area contributed by atoms with Crippen molar-refractivity contribution in [3.05, 3.63) is 69.8 Å². The van der Waals surface area contributed by atoms with Gasteiger partial charge in [0.2, 0.25) is 17.5 Å². The zero-order chi connectivity index (χ0) is 18.5. The molecule has 1 amide bonds. The first-order valence-electron chi connectivity index (χ1n) is 7.41. The Morgan fingerprint density at radius 3 is 2.69 bits per heavy atom. The van der Waals surface area contributed by atoms with Crippen LogP contribution in [0.4, 0.5) is 10.7 Å². The highest BCUT2D eigenvalue weighted by Gasteiger charge is 2.19. The summed E-state index contributed by atoms with van der Waals surface area (Å²) in [4.78, 5) is 16.0. The molecule has 3 aromatic rings. The predicted molar refractivity (Wildman–Crippen MR) is 96.9 cm³/mol. The normalized spacial score (nSPS) is 10.2. The first-order chi connectivity index (χ1) is 12.6. The number of benzene rings is 2. The number of nitriles is 1. The Bertz CT molecular complexity index is 981. The first kappa shape index (κ1) is 17.8. The van der Waals surface area contributed by atoms with Gasteiger partial charge in [0.1, 0.15) is 12.7 Å². The molecule has 130 valence electrons. The number of oxazole rings is 1. The van der Waals surface area contributed by atoms with Crippen LogP contribution in [0, 0.1) is 11.3 Å². The molecule has 3 rings (SSSR count). The smallest absolute Gasteiger partial charge is 0.414 e. The average molecular weight is 388 g/mol. The Kier molecular flexibility index (Phi) is 5.42. The Balaban J connectivity index is 1.74. The first-order valence-corrected chi connectivity index (χ1v) is 8.16.